The van der Waals surface area contributed by atoms with Gasteiger partial charge < -0.3 is 24.8 Å². The minimum Gasteiger partial charge on any atom is -0.508 e. The second-order valence-corrected chi connectivity index (χ2v) is 5.43. The van der Waals surface area contributed by atoms with Crippen LogP contribution in [-0.4, -0.2) is 21.6 Å². The molecule has 5 heteroatoms. The topological polar surface area (TPSA) is 79.2 Å². The summed E-state index contributed by atoms with van der Waals surface area (Å²) in [4.78, 5) is 0. The van der Waals surface area contributed by atoms with Crippen molar-refractivity contribution in [2.24, 2.45) is 0 Å². The van der Waals surface area contributed by atoms with Gasteiger partial charge in [-0.3, -0.25) is 0 Å². The zero-order chi connectivity index (χ0) is 17.6. The SMILES string of the molecule is Oc1ccccc1CC(Oc1ccccc1O)Oc1ccccc1O. The lowest BCUT2D eigenvalue weighted by atomic mass is 10.1. The number of aromatic hydroxyl groups is 3. The highest BCUT2D eigenvalue weighted by atomic mass is 16.7. The summed E-state index contributed by atoms with van der Waals surface area (Å²) in [5, 5.41) is 29.8. The van der Waals surface area contributed by atoms with Gasteiger partial charge in [0.25, 0.3) is 0 Å². The van der Waals surface area contributed by atoms with Crippen LogP contribution in [-0.2, 0) is 6.42 Å². The Bertz CT molecular complexity index is 734. The molecule has 0 heterocycles. The highest BCUT2D eigenvalue weighted by Crippen LogP contribution is 2.31. The third kappa shape index (κ3) is 4.14. The fourth-order valence-electron chi connectivity index (χ4n) is 2.37. The van der Waals surface area contributed by atoms with Crippen LogP contribution in [0.15, 0.2) is 72.8 Å². The first-order valence-corrected chi connectivity index (χ1v) is 7.79. The minimum absolute atomic E-state index is 0.0225. The zero-order valence-electron chi connectivity index (χ0n) is 13.4. The van der Waals surface area contributed by atoms with Crippen molar-refractivity contribution in [1.82, 2.24) is 0 Å². The van der Waals surface area contributed by atoms with E-state index >= 15 is 0 Å². The fourth-order valence-corrected chi connectivity index (χ4v) is 2.37. The monoisotopic (exact) mass is 338 g/mol. The maximum atomic E-state index is 9.99. The molecule has 0 aliphatic rings. The molecule has 0 atom stereocenters. The molecule has 0 aliphatic carbocycles. The van der Waals surface area contributed by atoms with Gasteiger partial charge in [0.05, 0.1) is 6.42 Å². The number of phenols is 3. The summed E-state index contributed by atoms with van der Waals surface area (Å²) in [6.45, 7) is 0. The molecule has 5 nitrogen and oxygen atoms in total. The van der Waals surface area contributed by atoms with Gasteiger partial charge in [-0.05, 0) is 30.3 Å². The average Bonchev–Trinajstić information content (AvgIpc) is 2.61. The van der Waals surface area contributed by atoms with Crippen LogP contribution in [0.25, 0.3) is 0 Å². The van der Waals surface area contributed by atoms with Gasteiger partial charge in [0.2, 0.25) is 6.29 Å². The van der Waals surface area contributed by atoms with E-state index in [1.807, 2.05) is 0 Å². The lowest BCUT2D eigenvalue weighted by Gasteiger charge is -2.22. The minimum atomic E-state index is -0.866. The van der Waals surface area contributed by atoms with Gasteiger partial charge in [-0.25, -0.2) is 0 Å². The molecule has 128 valence electrons. The van der Waals surface area contributed by atoms with E-state index in [1.165, 1.54) is 12.1 Å². The van der Waals surface area contributed by atoms with E-state index in [4.69, 9.17) is 9.47 Å². The van der Waals surface area contributed by atoms with Crippen molar-refractivity contribution in [2.75, 3.05) is 0 Å². The number of benzene rings is 3. The third-order valence-electron chi connectivity index (χ3n) is 3.63. The van der Waals surface area contributed by atoms with Crippen molar-refractivity contribution >= 4 is 0 Å². The second kappa shape index (κ2) is 7.49. The molecule has 3 rings (SSSR count). The van der Waals surface area contributed by atoms with Crippen LogP contribution in [0.5, 0.6) is 28.7 Å². The molecule has 0 saturated heterocycles. The molecule has 25 heavy (non-hydrogen) atoms. The van der Waals surface area contributed by atoms with Crippen molar-refractivity contribution in [2.45, 2.75) is 12.7 Å². The number of hydrogen-bond acceptors (Lipinski definition) is 5. The van der Waals surface area contributed by atoms with Gasteiger partial charge in [-0.15, -0.1) is 0 Å². The Morgan fingerprint density at radius 2 is 1.04 bits per heavy atom. The van der Waals surface area contributed by atoms with E-state index in [0.717, 1.165) is 0 Å². The molecule has 0 spiro atoms. The highest BCUT2D eigenvalue weighted by molar-refractivity contribution is 5.40. The molecule has 3 N–H and O–H groups in total. The predicted molar refractivity (Wildman–Crippen MR) is 93.1 cm³/mol. The fraction of sp³-hybridized carbons (Fsp3) is 0.100. The van der Waals surface area contributed by atoms with Crippen molar-refractivity contribution < 1.29 is 24.8 Å². The maximum absolute atomic E-state index is 9.99. The first-order chi connectivity index (χ1) is 12.1. The average molecular weight is 338 g/mol. The Kier molecular flexibility index (Phi) is 4.95. The molecule has 0 aromatic heterocycles. The van der Waals surface area contributed by atoms with Crippen LogP contribution in [0.2, 0.25) is 0 Å². The van der Waals surface area contributed by atoms with Gasteiger partial charge in [0, 0.05) is 5.56 Å². The van der Waals surface area contributed by atoms with E-state index in [-0.39, 0.29) is 35.2 Å². The van der Waals surface area contributed by atoms with E-state index in [9.17, 15) is 15.3 Å². The lowest BCUT2D eigenvalue weighted by molar-refractivity contribution is 0.00266. The third-order valence-corrected chi connectivity index (χ3v) is 3.63. The van der Waals surface area contributed by atoms with Crippen molar-refractivity contribution in [3.05, 3.63) is 78.4 Å². The molecule has 0 fully saturated rings. The van der Waals surface area contributed by atoms with Crippen LogP contribution in [0.4, 0.5) is 0 Å². The van der Waals surface area contributed by atoms with Gasteiger partial charge >= 0.3 is 0 Å². The normalized spacial score (nSPS) is 10.6. The standard InChI is InChI=1S/C20H18O5/c21-15-8-2-1-7-14(15)13-20(24-18-11-5-3-9-16(18)22)25-19-12-6-4-10-17(19)23/h1-12,20-23H,13H2. The van der Waals surface area contributed by atoms with Crippen LogP contribution in [0, 0.1) is 0 Å². The predicted octanol–water partition coefficient (Wildman–Crippen LogP) is 3.83. The molecule has 0 radical (unpaired) electrons. The lowest BCUT2D eigenvalue weighted by Crippen LogP contribution is -2.26. The van der Waals surface area contributed by atoms with Crippen LogP contribution in [0.3, 0.4) is 0 Å². The zero-order valence-corrected chi connectivity index (χ0v) is 13.4. The van der Waals surface area contributed by atoms with Crippen molar-refractivity contribution in [3.63, 3.8) is 0 Å². The summed E-state index contributed by atoms with van der Waals surface area (Å²) in [6, 6.07) is 19.9. The largest absolute Gasteiger partial charge is 0.508 e. The summed E-state index contributed by atoms with van der Waals surface area (Å²) in [6.07, 6.45) is -0.648. The van der Waals surface area contributed by atoms with Crippen LogP contribution < -0.4 is 9.47 Å². The summed E-state index contributed by atoms with van der Waals surface area (Å²) in [7, 11) is 0. The van der Waals surface area contributed by atoms with Crippen LogP contribution >= 0.6 is 0 Å². The number of rotatable bonds is 6. The van der Waals surface area contributed by atoms with E-state index in [0.29, 0.717) is 5.56 Å². The molecular weight excluding hydrogens is 320 g/mol. The van der Waals surface area contributed by atoms with E-state index in [1.54, 1.807) is 60.7 Å². The highest BCUT2D eigenvalue weighted by Gasteiger charge is 2.18. The Morgan fingerprint density at radius 1 is 0.600 bits per heavy atom. The van der Waals surface area contributed by atoms with Crippen molar-refractivity contribution in [3.8, 4) is 28.7 Å². The number of phenolic OH excluding ortho intramolecular Hbond substituents is 3. The summed E-state index contributed by atoms with van der Waals surface area (Å²) < 4.78 is 11.5. The first-order valence-electron chi connectivity index (χ1n) is 7.79. The van der Waals surface area contributed by atoms with Gasteiger partial charge in [-0.2, -0.15) is 0 Å². The summed E-state index contributed by atoms with van der Waals surface area (Å²) in [5.74, 6) is 0.572. The second-order valence-electron chi connectivity index (χ2n) is 5.43. The Labute approximate surface area is 145 Å². The summed E-state index contributed by atoms with van der Waals surface area (Å²) >= 11 is 0. The number of para-hydroxylation sites is 5. The number of ether oxygens (including phenoxy) is 2. The maximum Gasteiger partial charge on any atom is 0.245 e. The molecule has 0 unspecified atom stereocenters. The Hall–Kier alpha value is -3.34. The first kappa shape index (κ1) is 16.5. The van der Waals surface area contributed by atoms with Crippen molar-refractivity contribution in [1.29, 1.82) is 0 Å². The van der Waals surface area contributed by atoms with Crippen LogP contribution in [0.1, 0.15) is 5.56 Å². The van der Waals surface area contributed by atoms with E-state index < -0.39 is 6.29 Å². The molecule has 3 aromatic rings. The smallest absolute Gasteiger partial charge is 0.245 e. The molecule has 0 bridgehead atoms. The number of hydrogen-bond donors (Lipinski definition) is 3. The Balaban J connectivity index is 1.86. The van der Waals surface area contributed by atoms with Gasteiger partial charge in [0.1, 0.15) is 5.75 Å². The molecular formula is C20H18O5. The van der Waals surface area contributed by atoms with Gasteiger partial charge in [0.15, 0.2) is 23.0 Å². The molecule has 3 aromatic carbocycles. The molecule has 0 aliphatic heterocycles. The quantitative estimate of drug-likeness (QED) is 0.595. The molecule has 0 amide bonds. The van der Waals surface area contributed by atoms with Gasteiger partial charge in [-0.1, -0.05) is 42.5 Å². The van der Waals surface area contributed by atoms with E-state index in [2.05, 4.69) is 0 Å². The molecule has 0 saturated carbocycles. The summed E-state index contributed by atoms with van der Waals surface area (Å²) in [5.41, 5.74) is 0.623. The Morgan fingerprint density at radius 3 is 1.52 bits per heavy atom.